The zero-order valence-corrected chi connectivity index (χ0v) is 9.51. The molecule has 0 atom stereocenters. The molecule has 1 aromatic rings. The average molecular weight is 222 g/mol. The largest absolute Gasteiger partial charge is 0.477 e. The minimum Gasteiger partial charge on any atom is -0.477 e. The zero-order valence-electron chi connectivity index (χ0n) is 8.69. The van der Waals surface area contributed by atoms with Crippen LogP contribution in [0.3, 0.4) is 0 Å². The smallest absolute Gasteiger partial charge is 0.214 e. The van der Waals surface area contributed by atoms with Crippen LogP contribution in [0, 0.1) is 12.8 Å². The van der Waals surface area contributed by atoms with Gasteiger partial charge in [0.15, 0.2) is 0 Å². The molecule has 0 radical (unpaired) electrons. The lowest BCUT2D eigenvalue weighted by molar-refractivity contribution is 0.288. The van der Waals surface area contributed by atoms with Gasteiger partial charge >= 0.3 is 0 Å². The summed E-state index contributed by atoms with van der Waals surface area (Å²) < 4.78 is 5.58. The van der Waals surface area contributed by atoms with Gasteiger partial charge in [-0.05, 0) is 31.7 Å². The molecular formula is C11H14N2OS. The molecule has 1 aliphatic rings. The topological polar surface area (TPSA) is 48.1 Å². The van der Waals surface area contributed by atoms with E-state index in [9.17, 15) is 0 Å². The zero-order chi connectivity index (χ0) is 10.8. The molecule has 1 saturated carbocycles. The molecule has 80 valence electrons. The molecule has 1 aromatic heterocycles. The highest BCUT2D eigenvalue weighted by molar-refractivity contribution is 7.80. The van der Waals surface area contributed by atoms with E-state index < -0.39 is 0 Å². The van der Waals surface area contributed by atoms with Gasteiger partial charge in [0.05, 0.1) is 6.61 Å². The maximum atomic E-state index is 5.58. The maximum absolute atomic E-state index is 5.58. The molecule has 2 rings (SSSR count). The summed E-state index contributed by atoms with van der Waals surface area (Å²) in [5.41, 5.74) is 7.27. The number of rotatable bonds is 4. The van der Waals surface area contributed by atoms with Crippen LogP contribution < -0.4 is 10.5 Å². The van der Waals surface area contributed by atoms with Crippen LogP contribution >= 0.6 is 12.2 Å². The van der Waals surface area contributed by atoms with E-state index in [-0.39, 0.29) is 0 Å². The molecule has 3 nitrogen and oxygen atoms in total. The van der Waals surface area contributed by atoms with E-state index in [1.165, 1.54) is 12.8 Å². The number of hydrogen-bond acceptors (Lipinski definition) is 3. The first-order valence-electron chi connectivity index (χ1n) is 5.06. The van der Waals surface area contributed by atoms with Crippen molar-refractivity contribution in [2.75, 3.05) is 6.61 Å². The van der Waals surface area contributed by atoms with Crippen molar-refractivity contribution in [1.82, 2.24) is 4.98 Å². The molecule has 0 amide bonds. The number of nitrogens with zero attached hydrogens (tertiary/aromatic N) is 1. The molecule has 4 heteroatoms. The highest BCUT2D eigenvalue weighted by Crippen LogP contribution is 2.29. The third-order valence-electron chi connectivity index (χ3n) is 2.38. The Morgan fingerprint density at radius 3 is 2.93 bits per heavy atom. The predicted molar refractivity (Wildman–Crippen MR) is 63.1 cm³/mol. The lowest BCUT2D eigenvalue weighted by Gasteiger charge is -2.07. The van der Waals surface area contributed by atoms with Gasteiger partial charge in [-0.25, -0.2) is 4.98 Å². The fourth-order valence-corrected chi connectivity index (χ4v) is 1.46. The summed E-state index contributed by atoms with van der Waals surface area (Å²) in [4.78, 5) is 4.66. The van der Waals surface area contributed by atoms with Crippen molar-refractivity contribution < 1.29 is 4.74 Å². The summed E-state index contributed by atoms with van der Waals surface area (Å²) in [7, 11) is 0. The van der Waals surface area contributed by atoms with Gasteiger partial charge in [0, 0.05) is 17.3 Å². The van der Waals surface area contributed by atoms with Crippen molar-refractivity contribution in [1.29, 1.82) is 0 Å². The van der Waals surface area contributed by atoms with E-state index in [1.54, 1.807) is 6.07 Å². The first-order chi connectivity index (χ1) is 7.15. The van der Waals surface area contributed by atoms with Crippen LogP contribution in [0.5, 0.6) is 5.88 Å². The van der Waals surface area contributed by atoms with Gasteiger partial charge in [0.25, 0.3) is 0 Å². The van der Waals surface area contributed by atoms with Crippen molar-refractivity contribution in [2.24, 2.45) is 11.7 Å². The predicted octanol–water partition coefficient (Wildman–Crippen LogP) is 1.81. The van der Waals surface area contributed by atoms with Gasteiger partial charge in [-0.1, -0.05) is 12.2 Å². The normalized spacial score (nSPS) is 15.0. The molecule has 1 fully saturated rings. The Morgan fingerprint density at radius 1 is 1.60 bits per heavy atom. The quantitative estimate of drug-likeness (QED) is 0.789. The van der Waals surface area contributed by atoms with Gasteiger partial charge in [-0.3, -0.25) is 0 Å². The Bertz CT molecular complexity index is 388. The summed E-state index contributed by atoms with van der Waals surface area (Å²) in [6.07, 6.45) is 2.54. The standard InChI is InChI=1S/C11H14N2OS/c1-7-4-9(11(12)15)5-10(13-7)14-6-8-2-3-8/h4-5,8H,2-3,6H2,1H3,(H2,12,15). The Hall–Kier alpha value is -1.16. The molecule has 0 aliphatic heterocycles. The second-order valence-corrected chi connectivity index (χ2v) is 4.39. The lowest BCUT2D eigenvalue weighted by Crippen LogP contribution is -2.11. The van der Waals surface area contributed by atoms with Crippen molar-refractivity contribution >= 4 is 17.2 Å². The summed E-state index contributed by atoms with van der Waals surface area (Å²) in [5.74, 6) is 1.35. The van der Waals surface area contributed by atoms with Crippen LogP contribution in [-0.2, 0) is 0 Å². The Morgan fingerprint density at radius 2 is 2.33 bits per heavy atom. The number of ether oxygens (including phenoxy) is 1. The van der Waals surface area contributed by atoms with Crippen LogP contribution in [0.25, 0.3) is 0 Å². The average Bonchev–Trinajstić information content (AvgIpc) is 2.97. The molecule has 0 aromatic carbocycles. The SMILES string of the molecule is Cc1cc(C(N)=S)cc(OCC2CC2)n1. The molecule has 0 unspecified atom stereocenters. The fourth-order valence-electron chi connectivity index (χ4n) is 1.34. The Balaban J connectivity index is 2.10. The summed E-state index contributed by atoms with van der Waals surface area (Å²) >= 11 is 4.92. The number of aromatic nitrogens is 1. The number of thiocarbonyl (C=S) groups is 1. The summed E-state index contributed by atoms with van der Waals surface area (Å²) in [6.45, 7) is 2.67. The third kappa shape index (κ3) is 2.89. The number of hydrogen-bond donors (Lipinski definition) is 1. The molecule has 0 saturated heterocycles. The first kappa shape index (κ1) is 10.4. The van der Waals surface area contributed by atoms with Crippen molar-refractivity contribution in [3.05, 3.63) is 23.4 Å². The number of aryl methyl sites for hydroxylation is 1. The second-order valence-electron chi connectivity index (χ2n) is 3.95. The number of pyridine rings is 1. The Kier molecular flexibility index (Phi) is 2.86. The fraction of sp³-hybridized carbons (Fsp3) is 0.455. The van der Waals surface area contributed by atoms with Gasteiger partial charge < -0.3 is 10.5 Å². The second kappa shape index (κ2) is 4.14. The molecule has 2 N–H and O–H groups in total. The van der Waals surface area contributed by atoms with E-state index in [2.05, 4.69) is 4.98 Å². The molecule has 15 heavy (non-hydrogen) atoms. The molecule has 0 spiro atoms. The summed E-state index contributed by atoms with van der Waals surface area (Å²) in [5, 5.41) is 0. The molecule has 1 aliphatic carbocycles. The highest BCUT2D eigenvalue weighted by Gasteiger charge is 2.22. The van der Waals surface area contributed by atoms with E-state index in [0.29, 0.717) is 10.9 Å². The van der Waals surface area contributed by atoms with E-state index >= 15 is 0 Å². The van der Waals surface area contributed by atoms with E-state index in [0.717, 1.165) is 23.8 Å². The minimum atomic E-state index is 0.386. The monoisotopic (exact) mass is 222 g/mol. The molecular weight excluding hydrogens is 208 g/mol. The van der Waals surface area contributed by atoms with Gasteiger partial charge in [0.2, 0.25) is 5.88 Å². The minimum absolute atomic E-state index is 0.386. The van der Waals surface area contributed by atoms with Gasteiger partial charge in [-0.15, -0.1) is 0 Å². The van der Waals surface area contributed by atoms with Crippen molar-refractivity contribution in [2.45, 2.75) is 19.8 Å². The van der Waals surface area contributed by atoms with Crippen molar-refractivity contribution in [3.63, 3.8) is 0 Å². The first-order valence-corrected chi connectivity index (χ1v) is 5.47. The highest BCUT2D eigenvalue weighted by atomic mass is 32.1. The number of nitrogens with two attached hydrogens (primary N) is 1. The van der Waals surface area contributed by atoms with E-state index in [4.69, 9.17) is 22.7 Å². The van der Waals surface area contributed by atoms with Crippen LogP contribution in [0.2, 0.25) is 0 Å². The van der Waals surface area contributed by atoms with Gasteiger partial charge in [0.1, 0.15) is 4.99 Å². The summed E-state index contributed by atoms with van der Waals surface area (Å²) in [6, 6.07) is 3.67. The van der Waals surface area contributed by atoms with Crippen LogP contribution in [0.15, 0.2) is 12.1 Å². The third-order valence-corrected chi connectivity index (χ3v) is 2.61. The van der Waals surface area contributed by atoms with E-state index in [1.807, 2.05) is 13.0 Å². The Labute approximate surface area is 94.6 Å². The molecule has 1 heterocycles. The molecule has 0 bridgehead atoms. The lowest BCUT2D eigenvalue weighted by atomic mass is 10.2. The van der Waals surface area contributed by atoms with Crippen LogP contribution in [-0.4, -0.2) is 16.6 Å². The van der Waals surface area contributed by atoms with Crippen molar-refractivity contribution in [3.8, 4) is 5.88 Å². The van der Waals surface area contributed by atoms with Crippen LogP contribution in [0.4, 0.5) is 0 Å². The maximum Gasteiger partial charge on any atom is 0.214 e. The van der Waals surface area contributed by atoms with Crippen LogP contribution in [0.1, 0.15) is 24.1 Å². The van der Waals surface area contributed by atoms with Gasteiger partial charge in [-0.2, -0.15) is 0 Å².